The van der Waals surface area contributed by atoms with E-state index in [1.54, 1.807) is 13.2 Å². The molecule has 0 bridgehead atoms. The average molecular weight is 239 g/mol. The maximum absolute atomic E-state index is 10.4. The minimum atomic E-state index is -0.472. The molecule has 0 unspecified atom stereocenters. The quantitative estimate of drug-likeness (QED) is 0.567. The van der Waals surface area contributed by atoms with Gasteiger partial charge in [-0.05, 0) is 6.92 Å². The SMILES string of the molecule is CNc1ncc(C)c(NCCOCC(N)=O)n1. The van der Waals surface area contributed by atoms with Crippen LogP contribution in [-0.4, -0.2) is 42.7 Å². The normalized spacial score (nSPS) is 10.0. The van der Waals surface area contributed by atoms with Crippen molar-refractivity contribution in [3.63, 3.8) is 0 Å². The van der Waals surface area contributed by atoms with Crippen LogP contribution in [0.25, 0.3) is 0 Å². The summed E-state index contributed by atoms with van der Waals surface area (Å²) < 4.78 is 5.02. The molecular weight excluding hydrogens is 222 g/mol. The summed E-state index contributed by atoms with van der Waals surface area (Å²) in [5.41, 5.74) is 5.88. The van der Waals surface area contributed by atoms with Gasteiger partial charge in [-0.15, -0.1) is 0 Å². The summed E-state index contributed by atoms with van der Waals surface area (Å²) in [6.07, 6.45) is 1.73. The van der Waals surface area contributed by atoms with Gasteiger partial charge >= 0.3 is 0 Å². The number of nitrogens with one attached hydrogen (secondary N) is 2. The molecule has 94 valence electrons. The largest absolute Gasteiger partial charge is 0.370 e. The molecule has 7 heteroatoms. The van der Waals surface area contributed by atoms with Crippen molar-refractivity contribution in [3.05, 3.63) is 11.8 Å². The Balaban J connectivity index is 2.38. The fourth-order valence-corrected chi connectivity index (χ4v) is 1.16. The van der Waals surface area contributed by atoms with Crippen molar-refractivity contribution in [1.29, 1.82) is 0 Å². The zero-order chi connectivity index (χ0) is 12.7. The molecule has 1 rings (SSSR count). The molecule has 0 radical (unpaired) electrons. The lowest BCUT2D eigenvalue weighted by molar-refractivity contribution is -0.122. The number of carbonyl (C=O) groups is 1. The van der Waals surface area contributed by atoms with Crippen LogP contribution >= 0.6 is 0 Å². The van der Waals surface area contributed by atoms with Crippen LogP contribution in [0.4, 0.5) is 11.8 Å². The zero-order valence-corrected chi connectivity index (χ0v) is 9.99. The topological polar surface area (TPSA) is 102 Å². The number of aryl methyl sites for hydroxylation is 1. The standard InChI is InChI=1S/C10H17N5O2/c1-7-5-14-10(12-2)15-9(7)13-3-4-17-6-8(11)16/h5H,3-4,6H2,1-2H3,(H2,11,16)(H2,12,13,14,15). The van der Waals surface area contributed by atoms with Gasteiger partial charge in [0.15, 0.2) is 0 Å². The van der Waals surface area contributed by atoms with Crippen molar-refractivity contribution >= 4 is 17.7 Å². The van der Waals surface area contributed by atoms with Crippen molar-refractivity contribution in [2.24, 2.45) is 5.73 Å². The van der Waals surface area contributed by atoms with E-state index in [1.165, 1.54) is 0 Å². The third kappa shape index (κ3) is 4.64. The Labute approximate surface area is 99.8 Å². The lowest BCUT2D eigenvalue weighted by atomic mass is 10.3. The van der Waals surface area contributed by atoms with Gasteiger partial charge in [0.2, 0.25) is 11.9 Å². The van der Waals surface area contributed by atoms with Crippen LogP contribution < -0.4 is 16.4 Å². The molecule has 17 heavy (non-hydrogen) atoms. The number of nitrogens with two attached hydrogens (primary N) is 1. The van der Waals surface area contributed by atoms with E-state index in [9.17, 15) is 4.79 Å². The molecule has 0 aliphatic carbocycles. The highest BCUT2D eigenvalue weighted by molar-refractivity contribution is 5.74. The molecule has 4 N–H and O–H groups in total. The van der Waals surface area contributed by atoms with E-state index in [0.29, 0.717) is 19.1 Å². The second-order valence-electron chi connectivity index (χ2n) is 3.42. The Kier molecular flexibility index (Phi) is 5.15. The number of hydrogen-bond acceptors (Lipinski definition) is 6. The second kappa shape index (κ2) is 6.64. The smallest absolute Gasteiger partial charge is 0.243 e. The molecular formula is C10H17N5O2. The zero-order valence-electron chi connectivity index (χ0n) is 9.99. The lowest BCUT2D eigenvalue weighted by Crippen LogP contribution is -2.21. The average Bonchev–Trinajstić information content (AvgIpc) is 2.30. The number of ether oxygens (including phenoxy) is 1. The summed E-state index contributed by atoms with van der Waals surface area (Å²) >= 11 is 0. The molecule has 1 aromatic rings. The van der Waals surface area contributed by atoms with Crippen molar-refractivity contribution in [1.82, 2.24) is 9.97 Å². The third-order valence-corrected chi connectivity index (χ3v) is 1.98. The lowest BCUT2D eigenvalue weighted by Gasteiger charge is -2.09. The maximum atomic E-state index is 10.4. The summed E-state index contributed by atoms with van der Waals surface area (Å²) in [6.45, 7) is 2.79. The van der Waals surface area contributed by atoms with Gasteiger partial charge < -0.3 is 21.1 Å². The van der Waals surface area contributed by atoms with Crippen LogP contribution in [0.1, 0.15) is 5.56 Å². The molecule has 0 aromatic carbocycles. The Morgan fingerprint density at radius 3 is 3.00 bits per heavy atom. The second-order valence-corrected chi connectivity index (χ2v) is 3.42. The Morgan fingerprint density at radius 1 is 1.59 bits per heavy atom. The number of anilines is 2. The van der Waals surface area contributed by atoms with Crippen LogP contribution in [0, 0.1) is 6.92 Å². The van der Waals surface area contributed by atoms with E-state index in [1.807, 2.05) is 6.92 Å². The highest BCUT2D eigenvalue weighted by Crippen LogP contribution is 2.11. The molecule has 0 aliphatic heterocycles. The van der Waals surface area contributed by atoms with Gasteiger partial charge in [0, 0.05) is 25.4 Å². The predicted molar refractivity (Wildman–Crippen MR) is 64.8 cm³/mol. The highest BCUT2D eigenvalue weighted by Gasteiger charge is 2.02. The summed E-state index contributed by atoms with van der Waals surface area (Å²) in [5, 5.41) is 5.95. The molecule has 0 saturated carbocycles. The van der Waals surface area contributed by atoms with Gasteiger partial charge in [0.25, 0.3) is 0 Å². The van der Waals surface area contributed by atoms with Crippen molar-refractivity contribution in [2.75, 3.05) is 37.4 Å². The van der Waals surface area contributed by atoms with E-state index in [2.05, 4.69) is 20.6 Å². The number of rotatable bonds is 7. The Morgan fingerprint density at radius 2 is 2.35 bits per heavy atom. The van der Waals surface area contributed by atoms with Gasteiger partial charge in [0.05, 0.1) is 6.61 Å². The molecule has 7 nitrogen and oxygen atoms in total. The number of primary amides is 1. The predicted octanol–water partition coefficient (Wildman–Crippen LogP) is -0.259. The van der Waals surface area contributed by atoms with Crippen molar-refractivity contribution in [2.45, 2.75) is 6.92 Å². The molecule has 1 aromatic heterocycles. The first kappa shape index (κ1) is 13.2. The van der Waals surface area contributed by atoms with Gasteiger partial charge in [-0.25, -0.2) is 4.98 Å². The summed E-state index contributed by atoms with van der Waals surface area (Å²) in [5.74, 6) is 0.823. The number of aromatic nitrogens is 2. The number of hydrogen-bond donors (Lipinski definition) is 3. The first-order valence-corrected chi connectivity index (χ1v) is 5.24. The van der Waals surface area contributed by atoms with E-state index in [0.717, 1.165) is 11.4 Å². The first-order valence-electron chi connectivity index (χ1n) is 5.24. The highest BCUT2D eigenvalue weighted by atomic mass is 16.5. The van der Waals surface area contributed by atoms with E-state index >= 15 is 0 Å². The van der Waals surface area contributed by atoms with E-state index in [4.69, 9.17) is 10.5 Å². The number of carbonyl (C=O) groups excluding carboxylic acids is 1. The first-order chi connectivity index (χ1) is 8.13. The molecule has 0 fully saturated rings. The maximum Gasteiger partial charge on any atom is 0.243 e. The molecule has 0 atom stereocenters. The molecule has 1 heterocycles. The number of amides is 1. The molecule has 1 amide bonds. The van der Waals surface area contributed by atoms with Crippen molar-refractivity contribution in [3.8, 4) is 0 Å². The van der Waals surface area contributed by atoms with Crippen molar-refractivity contribution < 1.29 is 9.53 Å². The Hall–Kier alpha value is -1.89. The summed E-state index contributed by atoms with van der Waals surface area (Å²) in [7, 11) is 1.75. The molecule has 0 saturated heterocycles. The monoisotopic (exact) mass is 239 g/mol. The van der Waals surface area contributed by atoms with Crippen LogP contribution in [0.3, 0.4) is 0 Å². The summed E-state index contributed by atoms with van der Waals surface area (Å²) in [4.78, 5) is 18.7. The van der Waals surface area contributed by atoms with Crippen LogP contribution in [0.2, 0.25) is 0 Å². The fourth-order valence-electron chi connectivity index (χ4n) is 1.16. The molecule has 0 spiro atoms. The van der Waals surface area contributed by atoms with Gasteiger partial charge in [-0.2, -0.15) is 4.98 Å². The Bertz CT molecular complexity index is 383. The summed E-state index contributed by atoms with van der Waals surface area (Å²) in [6, 6.07) is 0. The van der Waals surface area contributed by atoms with Gasteiger partial charge in [-0.1, -0.05) is 0 Å². The fraction of sp³-hybridized carbons (Fsp3) is 0.500. The van der Waals surface area contributed by atoms with Gasteiger partial charge in [-0.3, -0.25) is 4.79 Å². The number of nitrogens with zero attached hydrogens (tertiary/aromatic N) is 2. The minimum Gasteiger partial charge on any atom is -0.370 e. The van der Waals surface area contributed by atoms with Crippen LogP contribution in [0.15, 0.2) is 6.20 Å². The van der Waals surface area contributed by atoms with Gasteiger partial charge in [0.1, 0.15) is 12.4 Å². The third-order valence-electron chi connectivity index (χ3n) is 1.98. The van der Waals surface area contributed by atoms with E-state index < -0.39 is 5.91 Å². The van der Waals surface area contributed by atoms with Crippen LogP contribution in [0.5, 0.6) is 0 Å². The minimum absolute atomic E-state index is 0.0633. The van der Waals surface area contributed by atoms with E-state index in [-0.39, 0.29) is 6.61 Å². The molecule has 0 aliphatic rings. The van der Waals surface area contributed by atoms with Crippen LogP contribution in [-0.2, 0) is 9.53 Å².